The molecular weight excluding hydrogens is 264 g/mol. The van der Waals surface area contributed by atoms with E-state index in [0.29, 0.717) is 16.6 Å². The van der Waals surface area contributed by atoms with E-state index in [1.807, 2.05) is 0 Å². The molecule has 0 bridgehead atoms. The highest BCUT2D eigenvalue weighted by Gasteiger charge is 2.37. The van der Waals surface area contributed by atoms with Crippen LogP contribution in [-0.2, 0) is 0 Å². The van der Waals surface area contributed by atoms with Gasteiger partial charge in [0.1, 0.15) is 5.82 Å². The van der Waals surface area contributed by atoms with E-state index in [-0.39, 0.29) is 17.8 Å². The molecule has 1 aromatic rings. The van der Waals surface area contributed by atoms with E-state index < -0.39 is 0 Å². The molecular formula is C13H17ClN4O. The number of halogens is 1. The number of nitrogens with two attached hydrogens (primary N) is 1. The molecule has 3 rings (SSSR count). The Bertz CT molecular complexity index is 507. The van der Waals surface area contributed by atoms with Crippen LogP contribution in [0.5, 0.6) is 0 Å². The van der Waals surface area contributed by atoms with Crippen LogP contribution in [0.4, 0.5) is 5.82 Å². The van der Waals surface area contributed by atoms with Crippen molar-refractivity contribution in [1.29, 1.82) is 0 Å². The van der Waals surface area contributed by atoms with Crippen molar-refractivity contribution in [3.05, 3.63) is 22.8 Å². The number of carbonyl (C=O) groups is 1. The van der Waals surface area contributed by atoms with Crippen LogP contribution >= 0.6 is 11.6 Å². The minimum Gasteiger partial charge on any atom is -0.382 e. The molecule has 0 spiro atoms. The summed E-state index contributed by atoms with van der Waals surface area (Å²) in [6.45, 7) is 2.24. The Hall–Kier alpha value is -1.33. The zero-order valence-corrected chi connectivity index (χ0v) is 11.4. The van der Waals surface area contributed by atoms with Crippen molar-refractivity contribution in [2.45, 2.75) is 31.3 Å². The second-order valence-electron chi connectivity index (χ2n) is 5.21. The topological polar surface area (TPSA) is 71.2 Å². The molecule has 2 fully saturated rings. The lowest BCUT2D eigenvalue weighted by Gasteiger charge is -2.21. The molecule has 1 aromatic heterocycles. The maximum absolute atomic E-state index is 12.2. The van der Waals surface area contributed by atoms with Crippen molar-refractivity contribution in [1.82, 2.24) is 15.2 Å². The van der Waals surface area contributed by atoms with Crippen molar-refractivity contribution in [2.24, 2.45) is 0 Å². The number of anilines is 1. The monoisotopic (exact) mass is 280 g/mol. The molecule has 6 heteroatoms. The van der Waals surface area contributed by atoms with Crippen LogP contribution in [0, 0.1) is 0 Å². The van der Waals surface area contributed by atoms with Gasteiger partial charge in [-0.05, 0) is 31.9 Å². The predicted octanol–water partition coefficient (Wildman–Crippen LogP) is 1.28. The number of nitrogen functional groups attached to an aromatic ring is 1. The van der Waals surface area contributed by atoms with Crippen LogP contribution in [0.2, 0.25) is 5.02 Å². The Labute approximate surface area is 117 Å². The summed E-state index contributed by atoms with van der Waals surface area (Å²) in [6.07, 6.45) is 4.89. The molecule has 2 atom stereocenters. The van der Waals surface area contributed by atoms with Crippen LogP contribution < -0.4 is 11.1 Å². The summed E-state index contributed by atoms with van der Waals surface area (Å²) in [4.78, 5) is 18.6. The number of hydrogen-bond acceptors (Lipinski definition) is 4. The molecule has 2 aliphatic heterocycles. The van der Waals surface area contributed by atoms with Crippen LogP contribution in [0.3, 0.4) is 0 Å². The van der Waals surface area contributed by atoms with E-state index in [1.54, 1.807) is 6.07 Å². The number of hydrogen-bond donors (Lipinski definition) is 2. The molecule has 2 saturated heterocycles. The minimum absolute atomic E-state index is 0.117. The molecule has 0 aliphatic carbocycles. The Balaban J connectivity index is 1.69. The Morgan fingerprint density at radius 1 is 1.47 bits per heavy atom. The van der Waals surface area contributed by atoms with E-state index in [4.69, 9.17) is 17.3 Å². The lowest BCUT2D eigenvalue weighted by molar-refractivity contribution is 0.0929. The summed E-state index contributed by atoms with van der Waals surface area (Å²) in [5.74, 6) is 0.134. The number of pyridine rings is 1. The van der Waals surface area contributed by atoms with Crippen molar-refractivity contribution >= 4 is 23.3 Å². The molecule has 0 saturated carbocycles. The third kappa shape index (κ3) is 2.40. The number of nitrogens with one attached hydrogen (secondary N) is 1. The SMILES string of the molecule is Nc1ncc(C(=O)NC2CCN3CCCC23)cc1Cl. The first-order valence-corrected chi connectivity index (χ1v) is 6.99. The van der Waals surface area contributed by atoms with Crippen LogP contribution in [-0.4, -0.2) is 41.0 Å². The predicted molar refractivity (Wildman–Crippen MR) is 74.1 cm³/mol. The Morgan fingerprint density at radius 2 is 2.32 bits per heavy atom. The van der Waals surface area contributed by atoms with Crippen LogP contribution in [0.1, 0.15) is 29.6 Å². The van der Waals surface area contributed by atoms with Gasteiger partial charge in [0.15, 0.2) is 0 Å². The second-order valence-corrected chi connectivity index (χ2v) is 5.61. The van der Waals surface area contributed by atoms with Gasteiger partial charge in [0.05, 0.1) is 10.6 Å². The highest BCUT2D eigenvalue weighted by atomic mass is 35.5. The first-order valence-electron chi connectivity index (χ1n) is 6.61. The number of amides is 1. The molecule has 0 radical (unpaired) electrons. The zero-order valence-electron chi connectivity index (χ0n) is 10.6. The highest BCUT2D eigenvalue weighted by Crippen LogP contribution is 2.28. The average molecular weight is 281 g/mol. The number of rotatable bonds is 2. The summed E-state index contributed by atoms with van der Waals surface area (Å²) < 4.78 is 0. The molecule has 2 unspecified atom stereocenters. The maximum Gasteiger partial charge on any atom is 0.253 e. The summed E-state index contributed by atoms with van der Waals surface area (Å²) >= 11 is 5.89. The minimum atomic E-state index is -0.117. The van der Waals surface area contributed by atoms with Crippen molar-refractivity contribution in [2.75, 3.05) is 18.8 Å². The number of nitrogens with zero attached hydrogens (tertiary/aromatic N) is 2. The maximum atomic E-state index is 12.2. The van der Waals surface area contributed by atoms with Crippen molar-refractivity contribution < 1.29 is 4.79 Å². The first kappa shape index (κ1) is 12.7. The van der Waals surface area contributed by atoms with E-state index in [9.17, 15) is 4.79 Å². The van der Waals surface area contributed by atoms with Crippen LogP contribution in [0.15, 0.2) is 12.3 Å². The smallest absolute Gasteiger partial charge is 0.253 e. The zero-order chi connectivity index (χ0) is 13.4. The van der Waals surface area contributed by atoms with Gasteiger partial charge in [0, 0.05) is 24.8 Å². The van der Waals surface area contributed by atoms with Gasteiger partial charge in [0.2, 0.25) is 0 Å². The molecule has 5 nitrogen and oxygen atoms in total. The average Bonchev–Trinajstić information content (AvgIpc) is 2.97. The van der Waals surface area contributed by atoms with Crippen molar-refractivity contribution in [3.8, 4) is 0 Å². The number of carbonyl (C=O) groups excluding carboxylic acids is 1. The normalized spacial score (nSPS) is 26.4. The fourth-order valence-electron chi connectivity index (χ4n) is 3.08. The summed E-state index contributed by atoms with van der Waals surface area (Å²) in [5.41, 5.74) is 6.01. The van der Waals surface area contributed by atoms with E-state index in [2.05, 4.69) is 15.2 Å². The van der Waals surface area contributed by atoms with E-state index >= 15 is 0 Å². The molecule has 3 heterocycles. The molecule has 19 heavy (non-hydrogen) atoms. The fourth-order valence-corrected chi connectivity index (χ4v) is 3.24. The Morgan fingerprint density at radius 3 is 3.11 bits per heavy atom. The summed E-state index contributed by atoms with van der Waals surface area (Å²) in [5, 5.41) is 3.41. The van der Waals surface area contributed by atoms with Gasteiger partial charge in [0.25, 0.3) is 5.91 Å². The van der Waals surface area contributed by atoms with Gasteiger partial charge in [-0.15, -0.1) is 0 Å². The molecule has 2 aliphatic rings. The van der Waals surface area contributed by atoms with Crippen molar-refractivity contribution in [3.63, 3.8) is 0 Å². The largest absolute Gasteiger partial charge is 0.382 e. The molecule has 0 aromatic carbocycles. The standard InChI is InChI=1S/C13H17ClN4O/c14-9-6-8(7-16-12(9)15)13(19)17-10-3-5-18-4-1-2-11(10)18/h6-7,10-11H,1-5H2,(H2,15,16)(H,17,19). The van der Waals surface area contributed by atoms with Gasteiger partial charge >= 0.3 is 0 Å². The van der Waals surface area contributed by atoms with Gasteiger partial charge < -0.3 is 11.1 Å². The van der Waals surface area contributed by atoms with E-state index in [1.165, 1.54) is 19.0 Å². The van der Waals surface area contributed by atoms with E-state index in [0.717, 1.165) is 19.5 Å². The van der Waals surface area contributed by atoms with Gasteiger partial charge in [-0.2, -0.15) is 0 Å². The van der Waals surface area contributed by atoms with Gasteiger partial charge in [-0.3, -0.25) is 9.69 Å². The molecule has 102 valence electrons. The lowest BCUT2D eigenvalue weighted by atomic mass is 10.1. The van der Waals surface area contributed by atoms with Gasteiger partial charge in [-0.1, -0.05) is 11.6 Å². The number of fused-ring (bicyclic) bond motifs is 1. The highest BCUT2D eigenvalue weighted by molar-refractivity contribution is 6.33. The second kappa shape index (κ2) is 4.98. The fraction of sp³-hybridized carbons (Fsp3) is 0.538. The first-order chi connectivity index (χ1) is 9.15. The van der Waals surface area contributed by atoms with Gasteiger partial charge in [-0.25, -0.2) is 4.98 Å². The van der Waals surface area contributed by atoms with Crippen LogP contribution in [0.25, 0.3) is 0 Å². The number of aromatic nitrogens is 1. The summed E-state index contributed by atoms with van der Waals surface area (Å²) in [6, 6.07) is 2.31. The lowest BCUT2D eigenvalue weighted by Crippen LogP contribution is -2.42. The quantitative estimate of drug-likeness (QED) is 0.856. The molecule has 1 amide bonds. The Kier molecular flexibility index (Phi) is 3.33. The third-order valence-corrected chi connectivity index (χ3v) is 4.36. The third-order valence-electron chi connectivity index (χ3n) is 4.05. The molecule has 3 N–H and O–H groups in total. The summed E-state index contributed by atoms with van der Waals surface area (Å²) in [7, 11) is 0.